The minimum atomic E-state index is -0.363. The maximum Gasteiger partial charge on any atom is 0.213 e. The summed E-state index contributed by atoms with van der Waals surface area (Å²) in [6.45, 7) is 0. The van der Waals surface area contributed by atoms with Gasteiger partial charge in [-0.1, -0.05) is 0 Å². The molecule has 1 aliphatic carbocycles. The Labute approximate surface area is 71.7 Å². The molecule has 0 amide bonds. The fraction of sp³-hybridized carbons (Fsp3) is 1.00. The van der Waals surface area contributed by atoms with Crippen molar-refractivity contribution >= 4 is 0 Å². The van der Waals surface area contributed by atoms with E-state index in [9.17, 15) is 15.2 Å². The second-order valence-electron chi connectivity index (χ2n) is 3.45. The molecule has 4 nitrogen and oxygen atoms in total. The summed E-state index contributed by atoms with van der Waals surface area (Å²) in [6, 6.07) is -0.363. The minimum absolute atomic E-state index is 0.183. The first-order valence-corrected chi connectivity index (χ1v) is 4.51. The second kappa shape index (κ2) is 4.40. The quantitative estimate of drug-likeness (QED) is 0.481. The molecule has 0 saturated heterocycles. The molecule has 0 heterocycles. The zero-order valence-electron chi connectivity index (χ0n) is 7.11. The van der Waals surface area contributed by atoms with Gasteiger partial charge in [0.25, 0.3) is 0 Å². The average molecular weight is 173 g/mol. The van der Waals surface area contributed by atoms with E-state index < -0.39 is 0 Å². The summed E-state index contributed by atoms with van der Waals surface area (Å²) in [5.41, 5.74) is 0. The topological polar surface area (TPSA) is 63.4 Å². The zero-order chi connectivity index (χ0) is 8.97. The Hall–Kier alpha value is -0.640. The third kappa shape index (κ3) is 2.77. The molecule has 0 aliphatic heterocycles. The second-order valence-corrected chi connectivity index (χ2v) is 3.45. The van der Waals surface area contributed by atoms with Crippen LogP contribution < -0.4 is 0 Å². The predicted molar refractivity (Wildman–Crippen MR) is 44.5 cm³/mol. The molecule has 1 N–H and O–H groups in total. The number of nitro groups is 1. The third-order valence-corrected chi connectivity index (χ3v) is 2.45. The van der Waals surface area contributed by atoms with E-state index in [1.54, 1.807) is 0 Å². The van der Waals surface area contributed by atoms with Crippen molar-refractivity contribution < 1.29 is 10.0 Å². The highest BCUT2D eigenvalue weighted by Crippen LogP contribution is 2.19. The largest absolute Gasteiger partial charge is 0.393 e. The molecule has 1 fully saturated rings. The van der Waals surface area contributed by atoms with Crippen LogP contribution in [0, 0.1) is 10.1 Å². The Morgan fingerprint density at radius 3 is 2.08 bits per heavy atom. The van der Waals surface area contributed by atoms with Gasteiger partial charge in [0.15, 0.2) is 0 Å². The fourth-order valence-electron chi connectivity index (χ4n) is 1.68. The van der Waals surface area contributed by atoms with Crippen LogP contribution in [0.15, 0.2) is 0 Å². The van der Waals surface area contributed by atoms with Crippen molar-refractivity contribution in [3.8, 4) is 0 Å². The summed E-state index contributed by atoms with van der Waals surface area (Å²) in [4.78, 5) is 10.3. The molecule has 0 bridgehead atoms. The van der Waals surface area contributed by atoms with Crippen molar-refractivity contribution in [2.75, 3.05) is 0 Å². The van der Waals surface area contributed by atoms with Gasteiger partial charge in [0.1, 0.15) is 0 Å². The Kier molecular flexibility index (Phi) is 3.47. The van der Waals surface area contributed by atoms with E-state index in [0.717, 1.165) is 25.7 Å². The summed E-state index contributed by atoms with van der Waals surface area (Å²) in [6.07, 6.45) is 4.06. The molecule has 0 radical (unpaired) electrons. The molecule has 1 rings (SSSR count). The smallest absolute Gasteiger partial charge is 0.213 e. The van der Waals surface area contributed by atoms with Crippen molar-refractivity contribution in [3.63, 3.8) is 0 Å². The van der Waals surface area contributed by atoms with Crippen LogP contribution in [0.3, 0.4) is 0 Å². The van der Waals surface area contributed by atoms with Crippen LogP contribution in [0.1, 0.15) is 38.5 Å². The lowest BCUT2D eigenvalue weighted by molar-refractivity contribution is -0.525. The van der Waals surface area contributed by atoms with Gasteiger partial charge in [0.05, 0.1) is 6.10 Å². The zero-order valence-corrected chi connectivity index (χ0v) is 7.11. The highest BCUT2D eigenvalue weighted by molar-refractivity contribution is 4.66. The highest BCUT2D eigenvalue weighted by Gasteiger charge is 2.22. The number of nitrogens with zero attached hydrogens (tertiary/aromatic N) is 1. The lowest BCUT2D eigenvalue weighted by atomic mass is 9.95. The van der Waals surface area contributed by atoms with Crippen LogP contribution in [-0.4, -0.2) is 22.2 Å². The van der Waals surface area contributed by atoms with Crippen molar-refractivity contribution in [1.29, 1.82) is 0 Å². The average Bonchev–Trinajstić information content (AvgIpc) is 1.95. The number of aliphatic hydroxyl groups is 1. The lowest BCUT2D eigenvalue weighted by Crippen LogP contribution is -2.23. The number of hydrogen-bond donors (Lipinski definition) is 1. The monoisotopic (exact) mass is 173 g/mol. The van der Waals surface area contributed by atoms with E-state index in [-0.39, 0.29) is 17.1 Å². The van der Waals surface area contributed by atoms with Crippen molar-refractivity contribution in [1.82, 2.24) is 0 Å². The minimum Gasteiger partial charge on any atom is -0.393 e. The first-order chi connectivity index (χ1) is 5.70. The van der Waals surface area contributed by atoms with Crippen LogP contribution in [0.25, 0.3) is 0 Å². The van der Waals surface area contributed by atoms with Crippen LogP contribution >= 0.6 is 0 Å². The molecular formula is C8H15NO3. The highest BCUT2D eigenvalue weighted by atomic mass is 16.6. The summed E-state index contributed by atoms with van der Waals surface area (Å²) in [5.74, 6) is 0. The van der Waals surface area contributed by atoms with Gasteiger partial charge in [-0.25, -0.2) is 0 Å². The SMILES string of the molecule is O=[N+]([O-])C1CCCC(O)CCC1. The van der Waals surface area contributed by atoms with Gasteiger partial charge in [-0.05, 0) is 25.7 Å². The molecule has 1 aliphatic rings. The molecule has 0 aromatic heterocycles. The molecule has 1 saturated carbocycles. The number of aliphatic hydroxyl groups excluding tert-OH is 1. The number of hydrogen-bond acceptors (Lipinski definition) is 3. The first kappa shape index (κ1) is 9.45. The summed E-state index contributed by atoms with van der Waals surface area (Å²) in [5, 5.41) is 19.7. The van der Waals surface area contributed by atoms with Crippen LogP contribution in [-0.2, 0) is 0 Å². The Morgan fingerprint density at radius 2 is 1.67 bits per heavy atom. The molecule has 0 spiro atoms. The van der Waals surface area contributed by atoms with E-state index in [0.29, 0.717) is 12.8 Å². The molecule has 0 aromatic rings. The van der Waals surface area contributed by atoms with E-state index in [2.05, 4.69) is 0 Å². The lowest BCUT2D eigenvalue weighted by Gasteiger charge is -2.16. The van der Waals surface area contributed by atoms with Gasteiger partial charge < -0.3 is 5.11 Å². The van der Waals surface area contributed by atoms with Gasteiger partial charge in [-0.15, -0.1) is 0 Å². The van der Waals surface area contributed by atoms with E-state index >= 15 is 0 Å². The Bertz CT molecular complexity index is 150. The van der Waals surface area contributed by atoms with E-state index in [4.69, 9.17) is 0 Å². The van der Waals surface area contributed by atoms with Crippen LogP contribution in [0.2, 0.25) is 0 Å². The molecular weight excluding hydrogens is 158 g/mol. The Balaban J connectivity index is 2.35. The first-order valence-electron chi connectivity index (χ1n) is 4.51. The normalized spacial score (nSPS) is 32.1. The maximum atomic E-state index is 10.4. The molecule has 4 heteroatoms. The molecule has 0 unspecified atom stereocenters. The van der Waals surface area contributed by atoms with Gasteiger partial charge >= 0.3 is 0 Å². The van der Waals surface area contributed by atoms with Gasteiger partial charge in [0.2, 0.25) is 6.04 Å². The van der Waals surface area contributed by atoms with Crippen molar-refractivity contribution in [2.45, 2.75) is 50.7 Å². The summed E-state index contributed by atoms with van der Waals surface area (Å²) < 4.78 is 0. The standard InChI is InChI=1S/C8H15NO3/c10-8-5-1-3-7(9(11)12)4-2-6-8/h7-8,10H,1-6H2. The molecule has 12 heavy (non-hydrogen) atoms. The molecule has 0 atom stereocenters. The Morgan fingerprint density at radius 1 is 1.17 bits per heavy atom. The fourth-order valence-corrected chi connectivity index (χ4v) is 1.68. The van der Waals surface area contributed by atoms with E-state index in [1.807, 2.05) is 0 Å². The number of rotatable bonds is 1. The van der Waals surface area contributed by atoms with Crippen molar-refractivity contribution in [3.05, 3.63) is 10.1 Å². The van der Waals surface area contributed by atoms with Gasteiger partial charge in [0, 0.05) is 17.8 Å². The van der Waals surface area contributed by atoms with Crippen molar-refractivity contribution in [2.24, 2.45) is 0 Å². The molecule has 0 aromatic carbocycles. The molecule has 70 valence electrons. The van der Waals surface area contributed by atoms with E-state index in [1.165, 1.54) is 0 Å². The predicted octanol–water partition coefficient (Wildman–Crippen LogP) is 1.35. The van der Waals surface area contributed by atoms with Gasteiger partial charge in [-0.2, -0.15) is 0 Å². The summed E-state index contributed by atoms with van der Waals surface area (Å²) in [7, 11) is 0. The van der Waals surface area contributed by atoms with Gasteiger partial charge in [-0.3, -0.25) is 10.1 Å². The third-order valence-electron chi connectivity index (χ3n) is 2.45. The van der Waals surface area contributed by atoms with Crippen LogP contribution in [0.4, 0.5) is 0 Å². The summed E-state index contributed by atoms with van der Waals surface area (Å²) >= 11 is 0. The maximum absolute atomic E-state index is 10.4. The van der Waals surface area contributed by atoms with Crippen LogP contribution in [0.5, 0.6) is 0 Å².